The van der Waals surface area contributed by atoms with Crippen LogP contribution in [0.1, 0.15) is 13.8 Å². The van der Waals surface area contributed by atoms with Gasteiger partial charge >= 0.3 is 5.97 Å². The first-order valence-corrected chi connectivity index (χ1v) is 6.20. The van der Waals surface area contributed by atoms with Crippen molar-refractivity contribution in [3.63, 3.8) is 0 Å². The van der Waals surface area contributed by atoms with Crippen LogP contribution < -0.4 is 4.90 Å². The van der Waals surface area contributed by atoms with Gasteiger partial charge in [0.2, 0.25) is 0 Å². The van der Waals surface area contributed by atoms with Crippen molar-refractivity contribution in [2.75, 3.05) is 33.3 Å². The molecule has 100 valence electrons. The average molecular weight is 253 g/mol. The number of hydrogen-bond acceptors (Lipinski definition) is 3. The summed E-state index contributed by atoms with van der Waals surface area (Å²) in [6.07, 6.45) is 5.42. The van der Waals surface area contributed by atoms with Crippen LogP contribution in [0.15, 0.2) is 23.9 Å². The Bertz CT molecular complexity index is 370. The molecule has 1 aliphatic heterocycles. The minimum Gasteiger partial charge on any atom is -0.465 e. The molecule has 0 bridgehead atoms. The van der Waals surface area contributed by atoms with E-state index in [0.29, 0.717) is 31.8 Å². The predicted octanol–water partition coefficient (Wildman–Crippen LogP) is -0.634. The Kier molecular flexibility index (Phi) is 5.58. The van der Waals surface area contributed by atoms with Crippen molar-refractivity contribution >= 4 is 11.9 Å². The Labute approximate surface area is 108 Å². The molecule has 0 aliphatic carbocycles. The summed E-state index contributed by atoms with van der Waals surface area (Å²) in [5, 5.41) is 0. The highest BCUT2D eigenvalue weighted by Crippen LogP contribution is 1.98. The first-order valence-electron chi connectivity index (χ1n) is 6.20. The molecule has 1 heterocycles. The van der Waals surface area contributed by atoms with Gasteiger partial charge in [0.05, 0.1) is 18.9 Å². The van der Waals surface area contributed by atoms with E-state index in [1.54, 1.807) is 17.1 Å². The molecule has 1 amide bonds. The van der Waals surface area contributed by atoms with E-state index in [1.807, 2.05) is 20.0 Å². The Morgan fingerprint density at radius 1 is 1.39 bits per heavy atom. The van der Waals surface area contributed by atoms with Crippen molar-refractivity contribution in [2.24, 2.45) is 0 Å². The number of methoxy groups -OCH3 is 1. The van der Waals surface area contributed by atoms with Gasteiger partial charge in [-0.2, -0.15) is 0 Å². The molecule has 1 aliphatic rings. The van der Waals surface area contributed by atoms with Crippen molar-refractivity contribution in [2.45, 2.75) is 13.8 Å². The summed E-state index contributed by atoms with van der Waals surface area (Å²) in [6.45, 7) is 6.21. The summed E-state index contributed by atoms with van der Waals surface area (Å²) in [5.41, 5.74) is 0.599. The van der Waals surface area contributed by atoms with E-state index < -0.39 is 0 Å². The third-order valence-electron chi connectivity index (χ3n) is 2.99. The van der Waals surface area contributed by atoms with Gasteiger partial charge in [0, 0.05) is 13.1 Å². The number of ether oxygens (including phenoxy) is 1. The third-order valence-corrected chi connectivity index (χ3v) is 2.99. The lowest BCUT2D eigenvalue weighted by Crippen LogP contribution is -3.09. The van der Waals surface area contributed by atoms with Crippen LogP contribution in [-0.4, -0.2) is 50.1 Å². The van der Waals surface area contributed by atoms with Crippen molar-refractivity contribution in [3.05, 3.63) is 23.9 Å². The molecule has 0 fully saturated rings. The molecule has 0 aromatic carbocycles. The molecule has 0 aromatic rings. The van der Waals surface area contributed by atoms with Gasteiger partial charge in [-0.15, -0.1) is 0 Å². The molecule has 5 heteroatoms. The van der Waals surface area contributed by atoms with E-state index in [1.165, 1.54) is 7.11 Å². The first-order chi connectivity index (χ1) is 8.62. The minimum atomic E-state index is -0.327. The maximum absolute atomic E-state index is 12.0. The smallest absolute Gasteiger partial charge is 0.339 e. The average Bonchev–Trinajstić information content (AvgIpc) is 2.39. The molecule has 1 unspecified atom stereocenters. The van der Waals surface area contributed by atoms with E-state index >= 15 is 0 Å². The number of carbonyl (C=O) groups is 2. The molecule has 0 saturated heterocycles. The molecule has 0 saturated carbocycles. The molecular formula is C13H21N2O3+. The van der Waals surface area contributed by atoms with Crippen LogP contribution in [0.3, 0.4) is 0 Å². The quantitative estimate of drug-likeness (QED) is 0.664. The summed E-state index contributed by atoms with van der Waals surface area (Å²) in [4.78, 5) is 26.1. The number of esters is 1. The molecule has 1 N–H and O–H groups in total. The fourth-order valence-corrected chi connectivity index (χ4v) is 1.94. The van der Waals surface area contributed by atoms with Crippen LogP contribution >= 0.6 is 0 Å². The normalized spacial score (nSPS) is 18.2. The van der Waals surface area contributed by atoms with Crippen molar-refractivity contribution in [1.82, 2.24) is 4.90 Å². The number of nitrogens with zero attached hydrogens (tertiary/aromatic N) is 1. The zero-order chi connectivity index (χ0) is 13.5. The Morgan fingerprint density at radius 2 is 2.06 bits per heavy atom. The summed E-state index contributed by atoms with van der Waals surface area (Å²) >= 11 is 0. The molecule has 1 rings (SSSR count). The summed E-state index contributed by atoms with van der Waals surface area (Å²) in [7, 11) is 1.36. The second-order valence-electron chi connectivity index (χ2n) is 4.12. The minimum absolute atomic E-state index is 0.103. The highest BCUT2D eigenvalue weighted by atomic mass is 16.5. The Balaban J connectivity index is 2.56. The lowest BCUT2D eigenvalue weighted by atomic mass is 10.2. The van der Waals surface area contributed by atoms with Crippen LogP contribution in [0.2, 0.25) is 0 Å². The van der Waals surface area contributed by atoms with Gasteiger partial charge in [-0.25, -0.2) is 4.79 Å². The molecular weight excluding hydrogens is 232 g/mol. The highest BCUT2D eigenvalue weighted by molar-refractivity contribution is 5.89. The lowest BCUT2D eigenvalue weighted by Gasteiger charge is -2.22. The number of rotatable bonds is 5. The van der Waals surface area contributed by atoms with E-state index in [2.05, 4.69) is 4.74 Å². The standard InChI is InChI=1S/C13H20N2O3/c1-4-15(5-2)12(16)10-14-8-6-7-11(9-14)13(17)18-3/h6-8H,4-5,9-10H2,1-3H3/p+1. The summed E-state index contributed by atoms with van der Waals surface area (Å²) < 4.78 is 4.68. The third kappa shape index (κ3) is 3.70. The van der Waals surface area contributed by atoms with Gasteiger partial charge in [0.1, 0.15) is 6.54 Å². The number of nitrogens with one attached hydrogen (secondary N) is 1. The number of allylic oxidation sites excluding steroid dienone is 2. The van der Waals surface area contributed by atoms with Crippen LogP contribution in [0.25, 0.3) is 0 Å². The summed E-state index contributed by atoms with van der Waals surface area (Å²) in [6, 6.07) is 0. The fraction of sp³-hybridized carbons (Fsp3) is 0.538. The molecule has 0 spiro atoms. The van der Waals surface area contributed by atoms with Gasteiger partial charge < -0.3 is 9.64 Å². The highest BCUT2D eigenvalue weighted by Gasteiger charge is 2.22. The largest absolute Gasteiger partial charge is 0.465 e. The zero-order valence-electron chi connectivity index (χ0n) is 11.2. The van der Waals surface area contributed by atoms with E-state index in [-0.39, 0.29) is 11.9 Å². The second kappa shape index (κ2) is 6.96. The number of quaternary nitrogens is 1. The topological polar surface area (TPSA) is 51.1 Å². The van der Waals surface area contributed by atoms with Crippen LogP contribution in [0.5, 0.6) is 0 Å². The van der Waals surface area contributed by atoms with Gasteiger partial charge in [0.15, 0.2) is 6.54 Å². The molecule has 0 radical (unpaired) electrons. The van der Waals surface area contributed by atoms with Gasteiger partial charge in [-0.3, -0.25) is 9.69 Å². The van der Waals surface area contributed by atoms with Crippen molar-refractivity contribution in [1.29, 1.82) is 0 Å². The number of amides is 1. The lowest BCUT2D eigenvalue weighted by molar-refractivity contribution is -0.833. The van der Waals surface area contributed by atoms with Crippen LogP contribution in [0.4, 0.5) is 0 Å². The number of likely N-dealkylation sites (N-methyl/N-ethyl adjacent to an activating group) is 1. The van der Waals surface area contributed by atoms with E-state index in [0.717, 1.165) is 4.90 Å². The Hall–Kier alpha value is -1.62. The molecule has 18 heavy (non-hydrogen) atoms. The SMILES string of the molecule is CCN(CC)C(=O)C[NH+]1C=CC=C(C(=O)OC)C1. The maximum Gasteiger partial charge on any atom is 0.339 e. The van der Waals surface area contributed by atoms with E-state index in [4.69, 9.17) is 0 Å². The van der Waals surface area contributed by atoms with Gasteiger partial charge in [-0.05, 0) is 26.0 Å². The van der Waals surface area contributed by atoms with Crippen molar-refractivity contribution in [3.8, 4) is 0 Å². The predicted molar refractivity (Wildman–Crippen MR) is 67.9 cm³/mol. The zero-order valence-corrected chi connectivity index (χ0v) is 11.2. The Morgan fingerprint density at radius 3 is 2.61 bits per heavy atom. The van der Waals surface area contributed by atoms with Crippen molar-refractivity contribution < 1.29 is 19.2 Å². The number of hydrogen-bond donors (Lipinski definition) is 1. The van der Waals surface area contributed by atoms with Gasteiger partial charge in [0.25, 0.3) is 5.91 Å². The number of carbonyl (C=O) groups excluding carboxylic acids is 2. The molecule has 0 aromatic heterocycles. The molecule has 5 nitrogen and oxygen atoms in total. The van der Waals surface area contributed by atoms with E-state index in [9.17, 15) is 9.59 Å². The fourth-order valence-electron chi connectivity index (χ4n) is 1.94. The van der Waals surface area contributed by atoms with Gasteiger partial charge in [-0.1, -0.05) is 0 Å². The summed E-state index contributed by atoms with van der Waals surface area (Å²) in [5.74, 6) is -0.224. The maximum atomic E-state index is 12.0. The first kappa shape index (κ1) is 14.4. The van der Waals surface area contributed by atoms with Crippen LogP contribution in [-0.2, 0) is 14.3 Å². The molecule has 1 atom stereocenters. The monoisotopic (exact) mass is 253 g/mol. The second-order valence-corrected chi connectivity index (χ2v) is 4.12. The van der Waals surface area contributed by atoms with Crippen LogP contribution in [0, 0.1) is 0 Å².